The van der Waals surface area contributed by atoms with Crippen LogP contribution in [-0.2, 0) is 0 Å². The maximum atomic E-state index is 3.81. The van der Waals surface area contributed by atoms with Crippen molar-refractivity contribution < 1.29 is 0 Å². The molecule has 0 amide bonds. The van der Waals surface area contributed by atoms with Crippen LogP contribution in [0.2, 0.25) is 0 Å². The predicted octanol–water partition coefficient (Wildman–Crippen LogP) is 6.42. The fraction of sp³-hybridized carbons (Fsp3) is 1.00. The topological polar surface area (TPSA) is 12.0 Å². The quantitative estimate of drug-likeness (QED) is 0.606. The zero-order chi connectivity index (χ0) is 18.3. The average Bonchev–Trinajstić information content (AvgIpc) is 2.98. The van der Waals surface area contributed by atoms with Gasteiger partial charge < -0.3 is 5.32 Å². The van der Waals surface area contributed by atoms with E-state index >= 15 is 0 Å². The Balaban J connectivity index is 1.54. The fourth-order valence-corrected chi connectivity index (χ4v) is 8.97. The molecule has 7 atom stereocenters. The summed E-state index contributed by atoms with van der Waals surface area (Å²) in [6.45, 7) is 15.3. The minimum absolute atomic E-state index is 0.478. The Labute approximate surface area is 157 Å². The van der Waals surface area contributed by atoms with Crippen molar-refractivity contribution in [1.29, 1.82) is 0 Å². The van der Waals surface area contributed by atoms with E-state index < -0.39 is 0 Å². The maximum absolute atomic E-state index is 3.81. The molecule has 0 heterocycles. The van der Waals surface area contributed by atoms with Gasteiger partial charge in [0.25, 0.3) is 0 Å². The van der Waals surface area contributed by atoms with Gasteiger partial charge >= 0.3 is 0 Å². The van der Waals surface area contributed by atoms with Gasteiger partial charge in [-0.2, -0.15) is 0 Å². The van der Waals surface area contributed by atoms with Gasteiger partial charge in [0.05, 0.1) is 0 Å². The van der Waals surface area contributed by atoms with Crippen LogP contribution in [0.5, 0.6) is 0 Å². The summed E-state index contributed by atoms with van der Waals surface area (Å²) >= 11 is 0. The summed E-state index contributed by atoms with van der Waals surface area (Å²) in [7, 11) is 2.23. The Hall–Kier alpha value is -0.0400. The summed E-state index contributed by atoms with van der Waals surface area (Å²) in [5.74, 6) is 2.80. The van der Waals surface area contributed by atoms with Crippen molar-refractivity contribution in [3.63, 3.8) is 0 Å². The van der Waals surface area contributed by atoms with Crippen molar-refractivity contribution in [2.45, 2.75) is 105 Å². The molecule has 0 aromatic carbocycles. The monoisotopic (exact) mass is 345 g/mol. The standard InChI is InChI=1S/C24H43N/c1-8-23(20(4)11-9-18(13-20)17(2)3)12-10-19(14-23)22(6)15-21(5)16-24(21,22)25-7/h17-19,25H,8-16H2,1-7H3. The molecule has 0 saturated heterocycles. The second-order valence-corrected chi connectivity index (χ2v) is 11.9. The summed E-state index contributed by atoms with van der Waals surface area (Å²) in [5, 5.41) is 3.81. The first kappa shape index (κ1) is 18.3. The molecular formula is C24H43N. The summed E-state index contributed by atoms with van der Waals surface area (Å²) in [5.41, 5.74) is 2.88. The van der Waals surface area contributed by atoms with E-state index in [1.54, 1.807) is 0 Å². The minimum Gasteiger partial charge on any atom is -0.313 e. The molecule has 4 rings (SSSR count). The van der Waals surface area contributed by atoms with Gasteiger partial charge in [0.2, 0.25) is 0 Å². The lowest BCUT2D eigenvalue weighted by Gasteiger charge is -2.56. The van der Waals surface area contributed by atoms with Crippen molar-refractivity contribution in [2.24, 2.45) is 39.4 Å². The van der Waals surface area contributed by atoms with Gasteiger partial charge in [-0.15, -0.1) is 0 Å². The van der Waals surface area contributed by atoms with Crippen LogP contribution in [0.1, 0.15) is 99.3 Å². The molecule has 144 valence electrons. The molecule has 1 N–H and O–H groups in total. The van der Waals surface area contributed by atoms with Crippen LogP contribution in [0.3, 0.4) is 0 Å². The molecule has 0 bridgehead atoms. The van der Waals surface area contributed by atoms with E-state index in [0.29, 0.717) is 27.2 Å². The van der Waals surface area contributed by atoms with E-state index in [-0.39, 0.29) is 0 Å². The molecule has 0 aliphatic heterocycles. The van der Waals surface area contributed by atoms with E-state index in [9.17, 15) is 0 Å². The Kier molecular flexibility index (Phi) is 3.86. The lowest BCUT2D eigenvalue weighted by Crippen LogP contribution is -2.60. The molecule has 1 heteroatoms. The number of nitrogens with one attached hydrogen (secondary N) is 1. The van der Waals surface area contributed by atoms with Gasteiger partial charge in [-0.1, -0.05) is 41.5 Å². The normalized spacial score (nSPS) is 57.6. The van der Waals surface area contributed by atoms with Gasteiger partial charge in [-0.3, -0.25) is 0 Å². The molecule has 0 spiro atoms. The highest BCUT2D eigenvalue weighted by Gasteiger charge is 2.82. The summed E-state index contributed by atoms with van der Waals surface area (Å²) < 4.78 is 0. The van der Waals surface area contributed by atoms with Gasteiger partial charge in [-0.05, 0) is 104 Å². The van der Waals surface area contributed by atoms with Crippen molar-refractivity contribution in [1.82, 2.24) is 5.32 Å². The molecule has 1 nitrogen and oxygen atoms in total. The van der Waals surface area contributed by atoms with Gasteiger partial charge in [0.1, 0.15) is 0 Å². The zero-order valence-corrected chi connectivity index (χ0v) is 18.1. The van der Waals surface area contributed by atoms with Crippen LogP contribution < -0.4 is 5.32 Å². The van der Waals surface area contributed by atoms with Crippen LogP contribution in [-0.4, -0.2) is 12.6 Å². The Bertz CT molecular complexity index is 554. The van der Waals surface area contributed by atoms with Crippen LogP contribution in [0.15, 0.2) is 0 Å². The fourth-order valence-electron chi connectivity index (χ4n) is 8.97. The van der Waals surface area contributed by atoms with E-state index in [1.807, 2.05) is 0 Å². The molecule has 4 fully saturated rings. The van der Waals surface area contributed by atoms with Crippen molar-refractivity contribution in [2.75, 3.05) is 7.05 Å². The summed E-state index contributed by atoms with van der Waals surface area (Å²) in [4.78, 5) is 0. The first-order valence-electron chi connectivity index (χ1n) is 11.3. The highest BCUT2D eigenvalue weighted by Crippen LogP contribution is 2.83. The Morgan fingerprint density at radius 1 is 0.960 bits per heavy atom. The minimum atomic E-state index is 0.478. The van der Waals surface area contributed by atoms with Gasteiger partial charge in [-0.25, -0.2) is 0 Å². The number of rotatable bonds is 5. The van der Waals surface area contributed by atoms with Crippen LogP contribution in [0.25, 0.3) is 0 Å². The zero-order valence-electron chi connectivity index (χ0n) is 18.1. The van der Waals surface area contributed by atoms with E-state index in [1.165, 1.54) is 57.8 Å². The molecule has 4 aliphatic carbocycles. The molecule has 7 unspecified atom stereocenters. The van der Waals surface area contributed by atoms with Gasteiger partial charge in [0, 0.05) is 5.54 Å². The van der Waals surface area contributed by atoms with Gasteiger partial charge in [0.15, 0.2) is 0 Å². The second kappa shape index (κ2) is 5.27. The third-order valence-electron chi connectivity index (χ3n) is 10.9. The number of hydrogen-bond acceptors (Lipinski definition) is 1. The van der Waals surface area contributed by atoms with Crippen LogP contribution in [0.4, 0.5) is 0 Å². The SMILES string of the molecule is CCC1(C2(C)CCC(C(C)C)C2)CCC(C2(C)CC3(C)CC32NC)C1. The van der Waals surface area contributed by atoms with E-state index in [0.717, 1.165) is 17.8 Å². The third-order valence-corrected chi connectivity index (χ3v) is 10.9. The third kappa shape index (κ3) is 2.06. The highest BCUT2D eigenvalue weighted by molar-refractivity contribution is 5.37. The lowest BCUT2D eigenvalue weighted by molar-refractivity contribution is -0.0427. The van der Waals surface area contributed by atoms with E-state index in [2.05, 4.69) is 53.9 Å². The molecule has 0 aromatic heterocycles. The van der Waals surface area contributed by atoms with Crippen molar-refractivity contribution in [3.8, 4) is 0 Å². The maximum Gasteiger partial charge on any atom is 0.0295 e. The molecule has 0 radical (unpaired) electrons. The number of hydrogen-bond donors (Lipinski definition) is 1. The second-order valence-electron chi connectivity index (χ2n) is 11.9. The molecule has 0 aromatic rings. The first-order chi connectivity index (χ1) is 11.6. The molecule has 25 heavy (non-hydrogen) atoms. The number of fused-ring (bicyclic) bond motifs is 1. The molecule has 4 saturated carbocycles. The van der Waals surface area contributed by atoms with Crippen LogP contribution in [0, 0.1) is 39.4 Å². The average molecular weight is 346 g/mol. The molecular weight excluding hydrogens is 302 g/mol. The highest BCUT2D eigenvalue weighted by atomic mass is 15.1. The Morgan fingerprint density at radius 3 is 2.16 bits per heavy atom. The Morgan fingerprint density at radius 2 is 1.68 bits per heavy atom. The summed E-state index contributed by atoms with van der Waals surface area (Å²) in [6.07, 6.45) is 13.3. The lowest BCUT2D eigenvalue weighted by atomic mass is 9.52. The largest absolute Gasteiger partial charge is 0.313 e. The smallest absolute Gasteiger partial charge is 0.0295 e. The van der Waals surface area contributed by atoms with Crippen LogP contribution >= 0.6 is 0 Å². The van der Waals surface area contributed by atoms with E-state index in [4.69, 9.17) is 0 Å². The molecule has 4 aliphatic rings. The first-order valence-corrected chi connectivity index (χ1v) is 11.3. The summed E-state index contributed by atoms with van der Waals surface area (Å²) in [6, 6.07) is 0. The van der Waals surface area contributed by atoms with Crippen molar-refractivity contribution >= 4 is 0 Å². The predicted molar refractivity (Wildman–Crippen MR) is 108 cm³/mol. The van der Waals surface area contributed by atoms with Crippen molar-refractivity contribution in [3.05, 3.63) is 0 Å².